The van der Waals surface area contributed by atoms with Crippen LogP contribution in [-0.2, 0) is 0 Å². The van der Waals surface area contributed by atoms with Gasteiger partial charge in [0, 0.05) is 11.9 Å². The maximum atomic E-state index is 10.9. The maximum Gasteiger partial charge on any atom is 0.337 e. The summed E-state index contributed by atoms with van der Waals surface area (Å²) in [4.78, 5) is 15.1. The number of aromatic carboxylic acids is 1. The SMILES string of the molecule is C/C(=C\CSc1ccc(C(=O)O)cn1)CCCC(C)CCCC(C)CCCC(C)C. The molecule has 3 nitrogen and oxygen atoms in total. The van der Waals surface area contributed by atoms with Gasteiger partial charge in [0.25, 0.3) is 0 Å². The first-order valence-corrected chi connectivity index (χ1v) is 12.7. The summed E-state index contributed by atoms with van der Waals surface area (Å²) in [6.45, 7) is 11.7. The Kier molecular flexibility index (Phi) is 13.8. The average Bonchev–Trinajstić information content (AvgIpc) is 2.68. The van der Waals surface area contributed by atoms with E-state index in [-0.39, 0.29) is 5.56 Å². The summed E-state index contributed by atoms with van der Waals surface area (Å²) in [5.74, 6) is 2.51. The van der Waals surface area contributed by atoms with E-state index in [9.17, 15) is 4.79 Å². The highest BCUT2D eigenvalue weighted by molar-refractivity contribution is 7.99. The molecule has 0 aliphatic carbocycles. The fourth-order valence-electron chi connectivity index (χ4n) is 3.67. The summed E-state index contributed by atoms with van der Waals surface area (Å²) >= 11 is 1.65. The van der Waals surface area contributed by atoms with E-state index in [1.807, 2.05) is 0 Å². The zero-order valence-corrected chi connectivity index (χ0v) is 20.6. The number of nitrogens with zero attached hydrogens (tertiary/aromatic N) is 1. The van der Waals surface area contributed by atoms with Crippen molar-refractivity contribution in [2.75, 3.05) is 5.75 Å². The third-order valence-corrected chi connectivity index (χ3v) is 6.66. The number of rotatable bonds is 16. The molecule has 0 saturated heterocycles. The Balaban J connectivity index is 2.11. The average molecular weight is 434 g/mol. The Morgan fingerprint density at radius 3 is 2.13 bits per heavy atom. The Bertz CT molecular complexity index is 624. The zero-order chi connectivity index (χ0) is 22.4. The summed E-state index contributed by atoms with van der Waals surface area (Å²) in [6, 6.07) is 3.40. The number of hydrogen-bond acceptors (Lipinski definition) is 3. The van der Waals surface area contributed by atoms with Crippen LogP contribution in [0.25, 0.3) is 0 Å². The number of carboxylic acids is 1. The topological polar surface area (TPSA) is 50.2 Å². The van der Waals surface area contributed by atoms with Crippen LogP contribution in [0.15, 0.2) is 35.0 Å². The second-order valence-electron chi connectivity index (χ2n) is 9.41. The second-order valence-corrected chi connectivity index (χ2v) is 10.5. The second kappa shape index (κ2) is 15.5. The van der Waals surface area contributed by atoms with Crippen LogP contribution in [0.3, 0.4) is 0 Å². The van der Waals surface area contributed by atoms with Crippen molar-refractivity contribution in [3.8, 4) is 0 Å². The molecule has 4 heteroatoms. The summed E-state index contributed by atoms with van der Waals surface area (Å²) in [7, 11) is 0. The smallest absolute Gasteiger partial charge is 0.337 e. The molecule has 0 aliphatic heterocycles. The van der Waals surface area contributed by atoms with Gasteiger partial charge in [-0.15, -0.1) is 11.8 Å². The van der Waals surface area contributed by atoms with Gasteiger partial charge in [-0.2, -0.15) is 0 Å². The molecule has 1 rings (SSSR count). The predicted molar refractivity (Wildman–Crippen MR) is 130 cm³/mol. The van der Waals surface area contributed by atoms with E-state index in [1.165, 1.54) is 69.6 Å². The van der Waals surface area contributed by atoms with Gasteiger partial charge in [0.1, 0.15) is 0 Å². The summed E-state index contributed by atoms with van der Waals surface area (Å²) in [5.41, 5.74) is 1.68. The largest absolute Gasteiger partial charge is 0.478 e. The van der Waals surface area contributed by atoms with E-state index < -0.39 is 5.97 Å². The standard InChI is InChI=1S/C26H43NO2S/c1-20(2)9-6-10-21(3)11-7-12-22(4)13-8-14-23(5)17-18-30-25-16-15-24(19-27-25)26(28)29/h15-17,19-22H,6-14,18H2,1-5H3,(H,28,29)/b23-17+. The summed E-state index contributed by atoms with van der Waals surface area (Å²) < 4.78 is 0. The summed E-state index contributed by atoms with van der Waals surface area (Å²) in [5, 5.41) is 9.78. The molecule has 0 aromatic carbocycles. The van der Waals surface area contributed by atoms with Crippen LogP contribution in [0.5, 0.6) is 0 Å². The van der Waals surface area contributed by atoms with Crippen molar-refractivity contribution in [1.29, 1.82) is 0 Å². The van der Waals surface area contributed by atoms with Gasteiger partial charge < -0.3 is 5.11 Å². The highest BCUT2D eigenvalue weighted by atomic mass is 32.2. The lowest BCUT2D eigenvalue weighted by Crippen LogP contribution is -2.00. The minimum absolute atomic E-state index is 0.237. The van der Waals surface area contributed by atoms with Crippen molar-refractivity contribution >= 4 is 17.7 Å². The van der Waals surface area contributed by atoms with E-state index in [2.05, 4.69) is 45.7 Å². The molecule has 0 aliphatic rings. The van der Waals surface area contributed by atoms with Crippen LogP contribution >= 0.6 is 11.8 Å². The maximum absolute atomic E-state index is 10.9. The number of aromatic nitrogens is 1. The number of hydrogen-bond donors (Lipinski definition) is 1. The Morgan fingerprint density at radius 1 is 1.00 bits per heavy atom. The summed E-state index contributed by atoms with van der Waals surface area (Å²) in [6.07, 6.45) is 15.8. The van der Waals surface area contributed by atoms with E-state index in [0.29, 0.717) is 0 Å². The van der Waals surface area contributed by atoms with Crippen molar-refractivity contribution in [3.63, 3.8) is 0 Å². The molecule has 2 atom stereocenters. The molecule has 1 aromatic rings. The van der Waals surface area contributed by atoms with Crippen molar-refractivity contribution in [2.24, 2.45) is 17.8 Å². The first-order chi connectivity index (χ1) is 14.3. The van der Waals surface area contributed by atoms with Crippen molar-refractivity contribution in [1.82, 2.24) is 4.98 Å². The van der Waals surface area contributed by atoms with E-state index in [0.717, 1.165) is 28.5 Å². The molecule has 170 valence electrons. The molecule has 0 bridgehead atoms. The first kappa shape index (κ1) is 26.7. The molecule has 2 unspecified atom stereocenters. The van der Waals surface area contributed by atoms with Gasteiger partial charge >= 0.3 is 5.97 Å². The fourth-order valence-corrected chi connectivity index (χ4v) is 4.50. The molecule has 0 saturated carbocycles. The van der Waals surface area contributed by atoms with E-state index >= 15 is 0 Å². The number of allylic oxidation sites excluding steroid dienone is 1. The van der Waals surface area contributed by atoms with Crippen LogP contribution in [0.4, 0.5) is 0 Å². The van der Waals surface area contributed by atoms with Crippen molar-refractivity contribution in [3.05, 3.63) is 35.5 Å². The van der Waals surface area contributed by atoms with Gasteiger partial charge in [-0.1, -0.05) is 84.3 Å². The van der Waals surface area contributed by atoms with Crippen LogP contribution in [-0.4, -0.2) is 21.8 Å². The van der Waals surface area contributed by atoms with Crippen molar-refractivity contribution < 1.29 is 9.90 Å². The number of pyridine rings is 1. The molecule has 0 radical (unpaired) electrons. The van der Waals surface area contributed by atoms with Crippen molar-refractivity contribution in [2.45, 2.75) is 97.4 Å². The third-order valence-electron chi connectivity index (χ3n) is 5.79. The minimum Gasteiger partial charge on any atom is -0.478 e. The number of thioether (sulfide) groups is 1. The lowest BCUT2D eigenvalue weighted by Gasteiger charge is -2.15. The quantitative estimate of drug-likeness (QED) is 0.210. The molecule has 0 fully saturated rings. The van der Waals surface area contributed by atoms with Crippen LogP contribution in [0.1, 0.15) is 103 Å². The zero-order valence-electron chi connectivity index (χ0n) is 19.8. The van der Waals surface area contributed by atoms with Gasteiger partial charge in [-0.05, 0) is 49.7 Å². The third kappa shape index (κ3) is 13.1. The Hall–Kier alpha value is -1.29. The molecule has 1 N–H and O–H groups in total. The van der Waals surface area contributed by atoms with Gasteiger partial charge in [-0.25, -0.2) is 9.78 Å². The van der Waals surface area contributed by atoms with Gasteiger partial charge in [0.15, 0.2) is 0 Å². The number of carbonyl (C=O) groups is 1. The van der Waals surface area contributed by atoms with E-state index in [1.54, 1.807) is 23.9 Å². The van der Waals surface area contributed by atoms with Crippen LogP contribution < -0.4 is 0 Å². The molecular weight excluding hydrogens is 390 g/mol. The first-order valence-electron chi connectivity index (χ1n) is 11.8. The van der Waals surface area contributed by atoms with Crippen LogP contribution in [0.2, 0.25) is 0 Å². The van der Waals surface area contributed by atoms with Gasteiger partial charge in [0.2, 0.25) is 0 Å². The normalized spacial score (nSPS) is 14.1. The lowest BCUT2D eigenvalue weighted by molar-refractivity contribution is 0.0696. The molecule has 0 spiro atoms. The van der Waals surface area contributed by atoms with E-state index in [4.69, 9.17) is 5.11 Å². The molecule has 30 heavy (non-hydrogen) atoms. The monoisotopic (exact) mass is 433 g/mol. The molecule has 1 heterocycles. The highest BCUT2D eigenvalue weighted by Crippen LogP contribution is 2.22. The van der Waals surface area contributed by atoms with Crippen LogP contribution in [0, 0.1) is 17.8 Å². The fraction of sp³-hybridized carbons (Fsp3) is 0.692. The van der Waals surface area contributed by atoms with Gasteiger partial charge in [-0.3, -0.25) is 0 Å². The lowest BCUT2D eigenvalue weighted by atomic mass is 9.91. The highest BCUT2D eigenvalue weighted by Gasteiger charge is 2.07. The molecule has 1 aromatic heterocycles. The molecular formula is C26H43NO2S. The Labute approximate surface area is 189 Å². The number of carboxylic acid groups (broad SMARTS) is 1. The predicted octanol–water partition coefficient (Wildman–Crippen LogP) is 8.26. The van der Waals surface area contributed by atoms with Gasteiger partial charge in [0.05, 0.1) is 10.6 Å². The molecule has 0 amide bonds. The Morgan fingerprint density at radius 2 is 1.60 bits per heavy atom. The minimum atomic E-state index is -0.930.